The van der Waals surface area contributed by atoms with Crippen LogP contribution in [-0.2, 0) is 4.79 Å². The topological polar surface area (TPSA) is 46.3 Å². The Kier molecular flexibility index (Phi) is 4.12. The Bertz CT molecular complexity index is 276. The molecule has 0 aromatic heterocycles. The maximum absolute atomic E-state index is 12.7. The molecule has 2 N–H and O–H groups in total. The van der Waals surface area contributed by atoms with E-state index < -0.39 is 11.8 Å². The van der Waals surface area contributed by atoms with Crippen LogP contribution >= 0.6 is 12.4 Å². The minimum Gasteiger partial charge on any atom is -0.342 e. The maximum atomic E-state index is 12.7. The van der Waals surface area contributed by atoms with Gasteiger partial charge in [0, 0.05) is 19.5 Å². The smallest absolute Gasteiger partial charge is 0.260 e. The quantitative estimate of drug-likeness (QED) is 0.807. The van der Waals surface area contributed by atoms with Gasteiger partial charge in [-0.15, -0.1) is 12.4 Å². The number of hydrogen-bond acceptors (Lipinski definition) is 2. The molecule has 2 aliphatic rings. The summed E-state index contributed by atoms with van der Waals surface area (Å²) >= 11 is 0. The summed E-state index contributed by atoms with van der Waals surface area (Å²) in [4.78, 5) is 13.2. The van der Waals surface area contributed by atoms with Crippen molar-refractivity contribution in [1.29, 1.82) is 0 Å². The first-order valence-corrected chi connectivity index (χ1v) is 5.41. The highest BCUT2D eigenvalue weighted by atomic mass is 35.5. The van der Waals surface area contributed by atoms with E-state index in [0.29, 0.717) is 19.6 Å². The van der Waals surface area contributed by atoms with Gasteiger partial charge in [-0.2, -0.15) is 0 Å². The number of hydrogen-bond donors (Lipinski definition) is 1. The van der Waals surface area contributed by atoms with Crippen LogP contribution in [0.1, 0.15) is 19.3 Å². The average molecular weight is 255 g/mol. The third-order valence-corrected chi connectivity index (χ3v) is 3.29. The Labute approximate surface area is 99.8 Å². The van der Waals surface area contributed by atoms with Gasteiger partial charge >= 0.3 is 0 Å². The monoisotopic (exact) mass is 254 g/mol. The fourth-order valence-corrected chi connectivity index (χ4v) is 2.16. The van der Waals surface area contributed by atoms with E-state index >= 15 is 0 Å². The lowest BCUT2D eigenvalue weighted by Gasteiger charge is -2.32. The van der Waals surface area contributed by atoms with Gasteiger partial charge in [-0.25, -0.2) is 8.78 Å². The zero-order valence-electron chi connectivity index (χ0n) is 8.99. The Morgan fingerprint density at radius 3 is 2.62 bits per heavy atom. The van der Waals surface area contributed by atoms with E-state index in [1.807, 2.05) is 0 Å². The molecular weight excluding hydrogens is 238 g/mol. The molecule has 2 unspecified atom stereocenters. The number of alkyl halides is 2. The van der Waals surface area contributed by atoms with Crippen molar-refractivity contribution in [3.05, 3.63) is 0 Å². The van der Waals surface area contributed by atoms with Gasteiger partial charge in [-0.1, -0.05) is 0 Å². The second-order valence-corrected chi connectivity index (χ2v) is 4.55. The predicted octanol–water partition coefficient (Wildman–Crippen LogP) is 1.26. The van der Waals surface area contributed by atoms with E-state index in [4.69, 9.17) is 5.73 Å². The van der Waals surface area contributed by atoms with E-state index in [0.717, 1.165) is 12.8 Å². The normalized spacial score (nSPS) is 31.8. The van der Waals surface area contributed by atoms with Gasteiger partial charge in [-0.3, -0.25) is 4.79 Å². The fraction of sp³-hybridized carbons (Fsp3) is 0.900. The highest BCUT2D eigenvalue weighted by Gasteiger charge is 2.62. The Morgan fingerprint density at radius 1 is 1.50 bits per heavy atom. The number of likely N-dealkylation sites (tertiary alicyclic amines) is 1. The summed E-state index contributed by atoms with van der Waals surface area (Å²) in [6.45, 7) is 1.70. The molecule has 3 nitrogen and oxygen atoms in total. The largest absolute Gasteiger partial charge is 0.342 e. The SMILES string of the molecule is Cl.NCC1CCCN(C(=O)C2CC2(F)F)C1. The lowest BCUT2D eigenvalue weighted by Crippen LogP contribution is -2.43. The second-order valence-electron chi connectivity index (χ2n) is 4.55. The molecule has 2 fully saturated rings. The Hall–Kier alpha value is -0.420. The lowest BCUT2D eigenvalue weighted by molar-refractivity contribution is -0.136. The van der Waals surface area contributed by atoms with Crippen LogP contribution in [0.4, 0.5) is 8.78 Å². The van der Waals surface area contributed by atoms with Gasteiger partial charge in [0.1, 0.15) is 5.92 Å². The number of carbonyl (C=O) groups is 1. The van der Waals surface area contributed by atoms with Gasteiger partial charge < -0.3 is 10.6 Å². The van der Waals surface area contributed by atoms with Gasteiger partial charge in [-0.05, 0) is 25.3 Å². The van der Waals surface area contributed by atoms with Crippen molar-refractivity contribution < 1.29 is 13.6 Å². The van der Waals surface area contributed by atoms with Crippen LogP contribution in [0.25, 0.3) is 0 Å². The van der Waals surface area contributed by atoms with Crippen LogP contribution in [0.15, 0.2) is 0 Å². The van der Waals surface area contributed by atoms with Crippen LogP contribution in [-0.4, -0.2) is 36.4 Å². The molecule has 94 valence electrons. The van der Waals surface area contributed by atoms with Crippen LogP contribution in [0.5, 0.6) is 0 Å². The second kappa shape index (κ2) is 4.84. The van der Waals surface area contributed by atoms with Crippen molar-refractivity contribution in [2.45, 2.75) is 25.2 Å². The van der Waals surface area contributed by atoms with Crippen LogP contribution < -0.4 is 5.73 Å². The standard InChI is InChI=1S/C10H16F2N2O.ClH/c11-10(12)4-8(10)9(15)14-3-1-2-7(5-13)6-14;/h7-8H,1-6,13H2;1H. The molecule has 1 amide bonds. The van der Waals surface area contributed by atoms with Gasteiger partial charge in [0.25, 0.3) is 5.92 Å². The van der Waals surface area contributed by atoms with E-state index in [1.165, 1.54) is 0 Å². The zero-order chi connectivity index (χ0) is 11.1. The molecule has 16 heavy (non-hydrogen) atoms. The molecule has 2 atom stereocenters. The van der Waals surface area contributed by atoms with Crippen LogP contribution in [0.3, 0.4) is 0 Å². The molecule has 1 saturated heterocycles. The van der Waals surface area contributed by atoms with Crippen molar-refractivity contribution >= 4 is 18.3 Å². The Morgan fingerprint density at radius 2 is 2.12 bits per heavy atom. The molecule has 1 saturated carbocycles. The first kappa shape index (κ1) is 13.6. The zero-order valence-corrected chi connectivity index (χ0v) is 9.81. The number of halogens is 3. The molecule has 0 spiro atoms. The molecule has 1 aliphatic carbocycles. The molecule has 0 radical (unpaired) electrons. The minimum atomic E-state index is -2.74. The highest BCUT2D eigenvalue weighted by molar-refractivity contribution is 5.85. The predicted molar refractivity (Wildman–Crippen MR) is 58.7 cm³/mol. The maximum Gasteiger partial charge on any atom is 0.260 e. The van der Waals surface area contributed by atoms with Crippen molar-refractivity contribution in [3.63, 3.8) is 0 Å². The molecule has 6 heteroatoms. The van der Waals surface area contributed by atoms with E-state index in [9.17, 15) is 13.6 Å². The number of carbonyl (C=O) groups excluding carboxylic acids is 1. The van der Waals surface area contributed by atoms with Gasteiger partial charge in [0.15, 0.2) is 0 Å². The van der Waals surface area contributed by atoms with Crippen molar-refractivity contribution in [2.24, 2.45) is 17.6 Å². The summed E-state index contributed by atoms with van der Waals surface area (Å²) < 4.78 is 25.4. The van der Waals surface area contributed by atoms with Crippen LogP contribution in [0, 0.1) is 11.8 Å². The van der Waals surface area contributed by atoms with E-state index in [2.05, 4.69) is 0 Å². The third kappa shape index (κ3) is 2.63. The number of amides is 1. The number of nitrogens with zero attached hydrogens (tertiary/aromatic N) is 1. The molecule has 1 heterocycles. The van der Waals surface area contributed by atoms with Crippen LogP contribution in [0.2, 0.25) is 0 Å². The van der Waals surface area contributed by atoms with E-state index in [-0.39, 0.29) is 30.7 Å². The van der Waals surface area contributed by atoms with E-state index in [1.54, 1.807) is 4.90 Å². The van der Waals surface area contributed by atoms with Crippen molar-refractivity contribution in [3.8, 4) is 0 Å². The highest BCUT2D eigenvalue weighted by Crippen LogP contribution is 2.49. The molecule has 0 bridgehead atoms. The summed E-state index contributed by atoms with van der Waals surface area (Å²) in [5, 5.41) is 0. The molecule has 0 aromatic carbocycles. The van der Waals surface area contributed by atoms with Gasteiger partial charge in [0.2, 0.25) is 5.91 Å². The summed E-state index contributed by atoms with van der Waals surface area (Å²) in [7, 11) is 0. The van der Waals surface area contributed by atoms with Gasteiger partial charge in [0.05, 0.1) is 0 Å². The molecule has 1 aliphatic heterocycles. The van der Waals surface area contributed by atoms with Crippen molar-refractivity contribution in [2.75, 3.05) is 19.6 Å². The molecule has 0 aromatic rings. The number of rotatable bonds is 2. The summed E-state index contributed by atoms with van der Waals surface area (Å²) in [5.41, 5.74) is 5.52. The fourth-order valence-electron chi connectivity index (χ4n) is 2.16. The summed E-state index contributed by atoms with van der Waals surface area (Å²) in [5.74, 6) is -3.88. The first-order chi connectivity index (χ1) is 7.04. The Balaban J connectivity index is 0.00000128. The number of piperidine rings is 1. The summed E-state index contributed by atoms with van der Waals surface area (Å²) in [6, 6.07) is 0. The molecule has 2 rings (SSSR count). The average Bonchev–Trinajstić information content (AvgIpc) is 2.87. The lowest BCUT2D eigenvalue weighted by atomic mass is 9.98. The molecular formula is C10H17ClF2N2O. The van der Waals surface area contributed by atoms with Crippen molar-refractivity contribution in [1.82, 2.24) is 4.90 Å². The number of nitrogens with two attached hydrogens (primary N) is 1. The summed E-state index contributed by atoms with van der Waals surface area (Å²) in [6.07, 6.45) is 1.61. The minimum absolute atomic E-state index is 0. The third-order valence-electron chi connectivity index (χ3n) is 3.29. The first-order valence-electron chi connectivity index (χ1n) is 5.41.